The predicted octanol–water partition coefficient (Wildman–Crippen LogP) is 5.97. The van der Waals surface area contributed by atoms with Crippen LogP contribution in [0, 0.1) is 17.8 Å². The largest absolute Gasteiger partial charge is 0.497 e. The number of benzene rings is 1. The number of hydrogen-bond acceptors (Lipinski definition) is 4. The molecule has 0 radical (unpaired) electrons. The second-order valence-corrected chi connectivity index (χ2v) is 12.6. The molecular formula is C28H34BrN3O3S. The van der Waals surface area contributed by atoms with Gasteiger partial charge in [-0.2, -0.15) is 0 Å². The minimum absolute atomic E-state index is 0.0150. The fraction of sp³-hybridized carbons (Fsp3) is 0.500. The van der Waals surface area contributed by atoms with Crippen LogP contribution in [0.4, 0.5) is 0 Å². The van der Waals surface area contributed by atoms with Crippen LogP contribution >= 0.6 is 27.3 Å². The van der Waals surface area contributed by atoms with E-state index in [4.69, 9.17) is 4.74 Å². The maximum Gasteiger partial charge on any atom is 0.268 e. The number of carbonyl (C=O) groups excluding carboxylic acids is 2. The van der Waals surface area contributed by atoms with Crippen molar-refractivity contribution in [3.63, 3.8) is 0 Å². The van der Waals surface area contributed by atoms with Gasteiger partial charge in [-0.1, -0.05) is 25.5 Å². The Morgan fingerprint density at radius 1 is 1.14 bits per heavy atom. The van der Waals surface area contributed by atoms with Gasteiger partial charge in [0.2, 0.25) is 5.91 Å². The Morgan fingerprint density at radius 2 is 1.86 bits per heavy atom. The zero-order chi connectivity index (χ0) is 25.2. The smallest absolute Gasteiger partial charge is 0.268 e. The number of methoxy groups -OCH3 is 1. The normalized spacial score (nSPS) is 23.4. The van der Waals surface area contributed by atoms with E-state index in [2.05, 4.69) is 44.1 Å². The number of thiophene rings is 1. The van der Waals surface area contributed by atoms with Crippen molar-refractivity contribution in [1.29, 1.82) is 0 Å². The van der Waals surface area contributed by atoms with Crippen LogP contribution < -0.4 is 15.4 Å². The molecule has 192 valence electrons. The van der Waals surface area contributed by atoms with Crippen LogP contribution in [0.3, 0.4) is 0 Å². The van der Waals surface area contributed by atoms with Gasteiger partial charge in [0.25, 0.3) is 5.91 Å². The number of aromatic nitrogens is 1. The van der Waals surface area contributed by atoms with Gasteiger partial charge in [0.1, 0.15) is 11.4 Å². The van der Waals surface area contributed by atoms with Gasteiger partial charge in [-0.15, -0.1) is 11.3 Å². The molecule has 0 aliphatic heterocycles. The molecule has 0 saturated heterocycles. The molecule has 0 spiro atoms. The van der Waals surface area contributed by atoms with Crippen LogP contribution in [0.5, 0.6) is 5.75 Å². The lowest BCUT2D eigenvalue weighted by molar-refractivity contribution is -0.128. The molecule has 5 rings (SSSR count). The van der Waals surface area contributed by atoms with Crippen LogP contribution in [0.2, 0.25) is 0 Å². The molecule has 2 amide bonds. The Morgan fingerprint density at radius 3 is 2.53 bits per heavy atom. The Kier molecular flexibility index (Phi) is 7.72. The zero-order valence-corrected chi connectivity index (χ0v) is 23.3. The van der Waals surface area contributed by atoms with E-state index >= 15 is 0 Å². The van der Waals surface area contributed by atoms with E-state index in [1.54, 1.807) is 18.4 Å². The number of hydrogen-bond donors (Lipinski definition) is 2. The number of carbonyl (C=O) groups is 2. The number of ether oxygens (including phenoxy) is 1. The Balaban J connectivity index is 1.36. The molecule has 2 heterocycles. The van der Waals surface area contributed by atoms with Crippen LogP contribution in [0.15, 0.2) is 40.2 Å². The molecule has 2 unspecified atom stereocenters. The highest BCUT2D eigenvalue weighted by Crippen LogP contribution is 2.43. The molecular weight excluding hydrogens is 538 g/mol. The van der Waals surface area contributed by atoms with Crippen molar-refractivity contribution in [3.05, 3.63) is 51.4 Å². The van der Waals surface area contributed by atoms with Gasteiger partial charge < -0.3 is 19.9 Å². The summed E-state index contributed by atoms with van der Waals surface area (Å²) in [5.41, 5.74) is 2.87. The molecule has 3 aromatic rings. The van der Waals surface area contributed by atoms with Crippen LogP contribution in [-0.4, -0.2) is 36.1 Å². The van der Waals surface area contributed by atoms with E-state index in [9.17, 15) is 9.59 Å². The quantitative estimate of drug-likeness (QED) is 0.349. The third kappa shape index (κ3) is 5.21. The first-order valence-electron chi connectivity index (χ1n) is 13.0. The van der Waals surface area contributed by atoms with Gasteiger partial charge in [-0.25, -0.2) is 0 Å². The number of nitrogens with one attached hydrogen (secondary N) is 2. The lowest BCUT2D eigenvalue weighted by atomic mass is 9.64. The second-order valence-electron chi connectivity index (χ2n) is 10.2. The molecule has 2 aromatic heterocycles. The van der Waals surface area contributed by atoms with Crippen LogP contribution in [-0.2, 0) is 11.3 Å². The zero-order valence-electron chi connectivity index (χ0n) is 20.9. The highest BCUT2D eigenvalue weighted by Gasteiger charge is 2.43. The number of rotatable bonds is 8. The summed E-state index contributed by atoms with van der Waals surface area (Å²) in [6.07, 6.45) is 6.02. The predicted molar refractivity (Wildman–Crippen MR) is 148 cm³/mol. The highest BCUT2D eigenvalue weighted by atomic mass is 79.9. The number of halogens is 1. The van der Waals surface area contributed by atoms with Crippen molar-refractivity contribution in [1.82, 2.24) is 15.2 Å². The van der Waals surface area contributed by atoms with E-state index < -0.39 is 0 Å². The summed E-state index contributed by atoms with van der Waals surface area (Å²) in [7, 11) is 1.66. The summed E-state index contributed by atoms with van der Waals surface area (Å²) in [5, 5.41) is 6.52. The SMILES string of the molecule is CCCNC(=O)C1CC2CCCC(C1)C2NC(=O)c1cc2sc(Br)cc2n1Cc1ccc(OC)cc1. The van der Waals surface area contributed by atoms with Crippen molar-refractivity contribution in [2.45, 2.75) is 58.0 Å². The number of nitrogens with zero attached hydrogens (tertiary/aromatic N) is 1. The second kappa shape index (κ2) is 11.0. The van der Waals surface area contributed by atoms with Gasteiger partial charge in [0, 0.05) is 25.0 Å². The molecule has 2 N–H and O–H groups in total. The Labute approximate surface area is 224 Å². The van der Waals surface area contributed by atoms with Gasteiger partial charge >= 0.3 is 0 Å². The minimum atomic E-state index is -0.0150. The van der Waals surface area contributed by atoms with Crippen molar-refractivity contribution in [2.24, 2.45) is 17.8 Å². The maximum absolute atomic E-state index is 13.7. The molecule has 2 saturated carbocycles. The summed E-state index contributed by atoms with van der Waals surface area (Å²) in [6, 6.07) is 12.2. The van der Waals surface area contributed by atoms with Crippen LogP contribution in [0.1, 0.15) is 61.5 Å². The average molecular weight is 573 g/mol. The lowest BCUT2D eigenvalue weighted by Crippen LogP contribution is -2.53. The summed E-state index contributed by atoms with van der Waals surface area (Å²) < 4.78 is 9.57. The molecule has 2 aliphatic rings. The molecule has 2 fully saturated rings. The summed E-state index contributed by atoms with van der Waals surface area (Å²) in [5.74, 6) is 1.79. The molecule has 36 heavy (non-hydrogen) atoms. The van der Waals surface area contributed by atoms with Crippen molar-refractivity contribution in [2.75, 3.05) is 13.7 Å². The standard InChI is InChI=1S/C28H34BrN3O3S/c1-3-11-30-27(33)20-12-18-5-4-6-19(13-20)26(18)31-28(34)23-14-24-22(15-25(29)36-24)32(23)16-17-7-9-21(35-2)10-8-17/h7-10,14-15,18-20,26H,3-6,11-13,16H2,1-2H3,(H,30,33)(H,31,34). The Hall–Kier alpha value is -2.32. The average Bonchev–Trinajstić information content (AvgIpc) is 3.39. The topological polar surface area (TPSA) is 72.4 Å². The fourth-order valence-corrected chi connectivity index (χ4v) is 7.66. The summed E-state index contributed by atoms with van der Waals surface area (Å²) >= 11 is 5.25. The fourth-order valence-electron chi connectivity index (χ4n) is 6.09. The van der Waals surface area contributed by atoms with E-state index in [1.165, 1.54) is 6.42 Å². The molecule has 2 aliphatic carbocycles. The molecule has 2 bridgehead atoms. The minimum Gasteiger partial charge on any atom is -0.497 e. The van der Waals surface area contributed by atoms with E-state index in [1.807, 2.05) is 30.3 Å². The molecule has 1 aromatic carbocycles. The number of amides is 2. The summed E-state index contributed by atoms with van der Waals surface area (Å²) in [4.78, 5) is 26.4. The monoisotopic (exact) mass is 571 g/mol. The van der Waals surface area contributed by atoms with E-state index in [0.29, 0.717) is 24.1 Å². The van der Waals surface area contributed by atoms with Crippen molar-refractivity contribution >= 4 is 49.3 Å². The van der Waals surface area contributed by atoms with Crippen LogP contribution in [0.25, 0.3) is 10.2 Å². The third-order valence-corrected chi connectivity index (χ3v) is 9.42. The first-order valence-corrected chi connectivity index (χ1v) is 14.6. The highest BCUT2D eigenvalue weighted by molar-refractivity contribution is 9.11. The maximum atomic E-state index is 13.7. The van der Waals surface area contributed by atoms with Gasteiger partial charge in [0.05, 0.1) is 21.1 Å². The van der Waals surface area contributed by atoms with Gasteiger partial charge in [0.15, 0.2) is 0 Å². The number of fused-ring (bicyclic) bond motifs is 3. The van der Waals surface area contributed by atoms with Gasteiger partial charge in [-0.3, -0.25) is 9.59 Å². The van der Waals surface area contributed by atoms with Crippen molar-refractivity contribution in [3.8, 4) is 5.75 Å². The van der Waals surface area contributed by atoms with E-state index in [-0.39, 0.29) is 23.8 Å². The first kappa shape index (κ1) is 25.3. The molecule has 8 heteroatoms. The molecule has 2 atom stereocenters. The molecule has 6 nitrogen and oxygen atoms in total. The van der Waals surface area contributed by atoms with E-state index in [0.717, 1.165) is 64.0 Å². The third-order valence-electron chi connectivity index (χ3n) is 7.85. The lowest BCUT2D eigenvalue weighted by Gasteiger charge is -2.45. The van der Waals surface area contributed by atoms with Gasteiger partial charge in [-0.05, 0) is 89.7 Å². The first-order chi connectivity index (χ1) is 17.5. The van der Waals surface area contributed by atoms with Crippen molar-refractivity contribution < 1.29 is 14.3 Å². The Bertz CT molecular complexity index is 1220. The summed E-state index contributed by atoms with van der Waals surface area (Å²) in [6.45, 7) is 3.43.